The zero-order chi connectivity index (χ0) is 14.0. The van der Waals surface area contributed by atoms with Crippen molar-refractivity contribution in [2.24, 2.45) is 11.7 Å². The van der Waals surface area contributed by atoms with E-state index < -0.39 is 0 Å². The Morgan fingerprint density at radius 2 is 2.05 bits per heavy atom. The van der Waals surface area contributed by atoms with Gasteiger partial charge in [-0.25, -0.2) is 4.98 Å². The molecule has 3 N–H and O–H groups in total. The minimum absolute atomic E-state index is 0.0242. The quantitative estimate of drug-likeness (QED) is 0.876. The van der Waals surface area contributed by atoms with Crippen LogP contribution in [-0.4, -0.2) is 9.97 Å². The zero-order valence-electron chi connectivity index (χ0n) is 12.2. The van der Waals surface area contributed by atoms with Gasteiger partial charge in [0.25, 0.3) is 0 Å². The highest BCUT2D eigenvalue weighted by atomic mass is 15.0. The van der Waals surface area contributed by atoms with Crippen LogP contribution in [0.1, 0.15) is 43.3 Å². The molecular formula is C16H23N3. The van der Waals surface area contributed by atoms with Crippen molar-refractivity contribution in [1.82, 2.24) is 9.97 Å². The molecule has 2 aromatic rings. The Balaban J connectivity index is 2.33. The van der Waals surface area contributed by atoms with Gasteiger partial charge in [0.15, 0.2) is 0 Å². The Kier molecular flexibility index (Phi) is 4.05. The molecule has 0 saturated heterocycles. The fourth-order valence-corrected chi connectivity index (χ4v) is 2.19. The number of aryl methyl sites for hydroxylation is 2. The Bertz CT molecular complexity index is 557. The summed E-state index contributed by atoms with van der Waals surface area (Å²) in [6.07, 6.45) is 2.94. The van der Waals surface area contributed by atoms with E-state index in [9.17, 15) is 0 Å². The Morgan fingerprint density at radius 3 is 2.74 bits per heavy atom. The first-order valence-electron chi connectivity index (χ1n) is 6.91. The van der Waals surface area contributed by atoms with Crippen molar-refractivity contribution in [1.29, 1.82) is 0 Å². The topological polar surface area (TPSA) is 54.7 Å². The molecule has 0 aliphatic rings. The van der Waals surface area contributed by atoms with E-state index in [0.717, 1.165) is 17.9 Å². The predicted octanol–water partition coefficient (Wildman–Crippen LogP) is 3.74. The fraction of sp³-hybridized carbons (Fsp3) is 0.438. The van der Waals surface area contributed by atoms with Crippen LogP contribution in [0, 0.1) is 19.8 Å². The minimum Gasteiger partial charge on any atom is -0.341 e. The van der Waals surface area contributed by atoms with E-state index >= 15 is 0 Å². The zero-order valence-corrected chi connectivity index (χ0v) is 12.2. The van der Waals surface area contributed by atoms with Crippen molar-refractivity contribution in [3.8, 4) is 11.3 Å². The monoisotopic (exact) mass is 257 g/mol. The third kappa shape index (κ3) is 2.87. The lowest BCUT2D eigenvalue weighted by Gasteiger charge is -2.15. The molecule has 2 unspecified atom stereocenters. The average Bonchev–Trinajstić information content (AvgIpc) is 2.89. The first kappa shape index (κ1) is 13.8. The van der Waals surface area contributed by atoms with Gasteiger partial charge in [0.1, 0.15) is 5.82 Å². The van der Waals surface area contributed by atoms with Crippen molar-refractivity contribution in [3.63, 3.8) is 0 Å². The number of hydrogen-bond donors (Lipinski definition) is 2. The van der Waals surface area contributed by atoms with E-state index in [1.807, 2.05) is 6.20 Å². The van der Waals surface area contributed by atoms with Crippen molar-refractivity contribution in [2.45, 2.75) is 40.2 Å². The smallest absolute Gasteiger partial charge is 0.123 e. The first-order valence-corrected chi connectivity index (χ1v) is 6.91. The maximum Gasteiger partial charge on any atom is 0.123 e. The molecule has 1 aromatic heterocycles. The summed E-state index contributed by atoms with van der Waals surface area (Å²) >= 11 is 0. The summed E-state index contributed by atoms with van der Waals surface area (Å²) in [6, 6.07) is 6.42. The van der Waals surface area contributed by atoms with Gasteiger partial charge >= 0.3 is 0 Å². The SMILES string of the molecule is CCC(C)C(N)c1ncc(-c2cc(C)ccc2C)[nH]1. The van der Waals surface area contributed by atoms with Crippen LogP contribution in [-0.2, 0) is 0 Å². The highest BCUT2D eigenvalue weighted by Gasteiger charge is 2.17. The molecule has 0 spiro atoms. The van der Waals surface area contributed by atoms with Crippen molar-refractivity contribution < 1.29 is 0 Å². The van der Waals surface area contributed by atoms with Crippen molar-refractivity contribution in [2.75, 3.05) is 0 Å². The summed E-state index contributed by atoms with van der Waals surface area (Å²) in [7, 11) is 0. The largest absolute Gasteiger partial charge is 0.341 e. The summed E-state index contributed by atoms with van der Waals surface area (Å²) in [5, 5.41) is 0. The molecule has 1 aromatic carbocycles. The van der Waals surface area contributed by atoms with Crippen LogP contribution in [0.4, 0.5) is 0 Å². The number of hydrogen-bond acceptors (Lipinski definition) is 2. The fourth-order valence-electron chi connectivity index (χ4n) is 2.19. The standard InChI is InChI=1S/C16H23N3/c1-5-11(3)15(17)16-18-9-14(19-16)13-8-10(2)6-7-12(13)4/h6-9,11,15H,5,17H2,1-4H3,(H,18,19). The highest BCUT2D eigenvalue weighted by molar-refractivity contribution is 5.63. The van der Waals surface area contributed by atoms with Gasteiger partial charge in [-0.1, -0.05) is 38.0 Å². The van der Waals surface area contributed by atoms with Crippen molar-refractivity contribution >= 4 is 0 Å². The Labute approximate surface area is 115 Å². The summed E-state index contributed by atoms with van der Waals surface area (Å²) in [5.41, 5.74) is 11.0. The second-order valence-electron chi connectivity index (χ2n) is 5.41. The summed E-state index contributed by atoms with van der Waals surface area (Å²) in [5.74, 6) is 1.31. The van der Waals surface area contributed by atoms with E-state index in [-0.39, 0.29) is 6.04 Å². The number of aromatic amines is 1. The number of aromatic nitrogens is 2. The third-order valence-corrected chi connectivity index (χ3v) is 3.85. The summed E-state index contributed by atoms with van der Waals surface area (Å²) in [4.78, 5) is 7.83. The van der Waals surface area contributed by atoms with Crippen LogP contribution < -0.4 is 5.73 Å². The van der Waals surface area contributed by atoms with Crippen molar-refractivity contribution in [3.05, 3.63) is 41.3 Å². The van der Waals surface area contributed by atoms with Gasteiger partial charge in [-0.3, -0.25) is 0 Å². The molecule has 0 saturated carbocycles. The van der Waals surface area contributed by atoms with Crippen LogP contribution in [0.2, 0.25) is 0 Å². The molecule has 3 heteroatoms. The number of nitrogens with two attached hydrogens (primary N) is 1. The van der Waals surface area contributed by atoms with E-state index in [0.29, 0.717) is 5.92 Å². The lowest BCUT2D eigenvalue weighted by Crippen LogP contribution is -2.19. The van der Waals surface area contributed by atoms with Gasteiger partial charge in [-0.05, 0) is 31.4 Å². The minimum atomic E-state index is -0.0242. The van der Waals surface area contributed by atoms with E-state index in [1.54, 1.807) is 0 Å². The van der Waals surface area contributed by atoms with Gasteiger partial charge in [-0.2, -0.15) is 0 Å². The molecule has 0 bridgehead atoms. The Morgan fingerprint density at radius 1 is 1.32 bits per heavy atom. The van der Waals surface area contributed by atoms with E-state index in [2.05, 4.69) is 55.9 Å². The molecule has 3 nitrogen and oxygen atoms in total. The normalized spacial score (nSPS) is 14.4. The molecule has 1 heterocycles. The first-order chi connectivity index (χ1) is 9.02. The predicted molar refractivity (Wildman–Crippen MR) is 79.9 cm³/mol. The van der Waals surface area contributed by atoms with Gasteiger partial charge in [-0.15, -0.1) is 0 Å². The van der Waals surface area contributed by atoms with Gasteiger partial charge in [0.2, 0.25) is 0 Å². The number of nitrogens with zero attached hydrogens (tertiary/aromatic N) is 1. The van der Waals surface area contributed by atoms with Gasteiger partial charge in [0.05, 0.1) is 17.9 Å². The molecule has 0 amide bonds. The third-order valence-electron chi connectivity index (χ3n) is 3.85. The summed E-state index contributed by atoms with van der Waals surface area (Å²) in [6.45, 7) is 8.53. The molecule has 0 aliphatic heterocycles. The maximum atomic E-state index is 6.21. The van der Waals surface area contributed by atoms with Crippen LogP contribution in [0.5, 0.6) is 0 Å². The number of rotatable bonds is 4. The van der Waals surface area contributed by atoms with Crippen LogP contribution in [0.15, 0.2) is 24.4 Å². The van der Waals surface area contributed by atoms with Gasteiger partial charge < -0.3 is 10.7 Å². The molecule has 19 heavy (non-hydrogen) atoms. The lowest BCUT2D eigenvalue weighted by atomic mass is 10.00. The van der Waals surface area contributed by atoms with Gasteiger partial charge in [0, 0.05) is 5.56 Å². The van der Waals surface area contributed by atoms with E-state index in [1.165, 1.54) is 16.7 Å². The molecular weight excluding hydrogens is 234 g/mol. The summed E-state index contributed by atoms with van der Waals surface area (Å²) < 4.78 is 0. The maximum absolute atomic E-state index is 6.21. The second kappa shape index (κ2) is 5.57. The number of imidazole rings is 1. The van der Waals surface area contributed by atoms with Crippen LogP contribution in [0.25, 0.3) is 11.3 Å². The molecule has 2 atom stereocenters. The average molecular weight is 257 g/mol. The molecule has 2 rings (SSSR count). The van der Waals surface area contributed by atoms with E-state index in [4.69, 9.17) is 5.73 Å². The van der Waals surface area contributed by atoms with Crippen LogP contribution >= 0.6 is 0 Å². The molecule has 0 fully saturated rings. The number of H-pyrrole nitrogens is 1. The second-order valence-corrected chi connectivity index (χ2v) is 5.41. The number of benzene rings is 1. The Hall–Kier alpha value is -1.61. The molecule has 0 aliphatic carbocycles. The highest BCUT2D eigenvalue weighted by Crippen LogP contribution is 2.26. The molecule has 0 radical (unpaired) electrons. The molecule has 102 valence electrons. The van der Waals surface area contributed by atoms with Crippen LogP contribution in [0.3, 0.4) is 0 Å². The number of nitrogens with one attached hydrogen (secondary N) is 1. The lowest BCUT2D eigenvalue weighted by molar-refractivity contribution is 0.441.